The van der Waals surface area contributed by atoms with Gasteiger partial charge in [-0.1, -0.05) is 64.5 Å². The number of fused-ring (bicyclic) bond motifs is 2. The molecule has 78 valence electrons. The fourth-order valence-corrected chi connectivity index (χ4v) is 2.86. The Morgan fingerprint density at radius 1 is 0.750 bits per heavy atom. The molecule has 3 rings (SSSR count). The number of benzene rings is 3. The third-order valence-electron chi connectivity index (χ3n) is 3.02. The van der Waals surface area contributed by atoms with Gasteiger partial charge in [-0.25, -0.2) is 0 Å². The third-order valence-corrected chi connectivity index (χ3v) is 3.58. The van der Waals surface area contributed by atoms with Gasteiger partial charge in [0.2, 0.25) is 0 Å². The van der Waals surface area contributed by atoms with Gasteiger partial charge in [0, 0.05) is 5.33 Å². The molecule has 3 aromatic carbocycles. The van der Waals surface area contributed by atoms with Gasteiger partial charge < -0.3 is 0 Å². The van der Waals surface area contributed by atoms with Crippen molar-refractivity contribution in [2.75, 3.05) is 0 Å². The maximum atomic E-state index is 3.60. The summed E-state index contributed by atoms with van der Waals surface area (Å²) in [6.45, 7) is 0. The van der Waals surface area contributed by atoms with Gasteiger partial charge in [-0.05, 0) is 33.2 Å². The van der Waals surface area contributed by atoms with Crippen molar-refractivity contribution in [3.63, 3.8) is 0 Å². The predicted molar refractivity (Wildman–Crippen MR) is 74.1 cm³/mol. The van der Waals surface area contributed by atoms with E-state index in [0.29, 0.717) is 0 Å². The van der Waals surface area contributed by atoms with E-state index >= 15 is 0 Å². The molecule has 0 fully saturated rings. The average Bonchev–Trinajstić information content (AvgIpc) is 2.36. The van der Waals surface area contributed by atoms with E-state index in [1.165, 1.54) is 27.1 Å². The first-order valence-electron chi connectivity index (χ1n) is 5.35. The van der Waals surface area contributed by atoms with Crippen LogP contribution in [0.1, 0.15) is 5.56 Å². The zero-order valence-electron chi connectivity index (χ0n) is 8.78. The van der Waals surface area contributed by atoms with Crippen LogP contribution >= 0.6 is 15.9 Å². The summed E-state index contributed by atoms with van der Waals surface area (Å²) >= 11 is 3.60. The highest BCUT2D eigenvalue weighted by molar-refractivity contribution is 9.08. The SMILES string of the molecule is BrCc1c2ccccc2cc2ccccc12. The van der Waals surface area contributed by atoms with E-state index in [1.54, 1.807) is 0 Å². The van der Waals surface area contributed by atoms with Crippen molar-refractivity contribution >= 4 is 37.5 Å². The maximum absolute atomic E-state index is 3.60. The van der Waals surface area contributed by atoms with Gasteiger partial charge in [0.25, 0.3) is 0 Å². The molecule has 0 nitrogen and oxygen atoms in total. The Morgan fingerprint density at radius 3 is 1.75 bits per heavy atom. The van der Waals surface area contributed by atoms with Crippen molar-refractivity contribution in [2.45, 2.75) is 5.33 Å². The van der Waals surface area contributed by atoms with Crippen LogP contribution in [0.4, 0.5) is 0 Å². The molecule has 16 heavy (non-hydrogen) atoms. The summed E-state index contributed by atoms with van der Waals surface area (Å²) in [4.78, 5) is 0. The minimum absolute atomic E-state index is 0.898. The molecule has 0 saturated carbocycles. The number of hydrogen-bond acceptors (Lipinski definition) is 0. The van der Waals surface area contributed by atoms with E-state index in [2.05, 4.69) is 70.5 Å². The lowest BCUT2D eigenvalue weighted by Gasteiger charge is -2.08. The minimum atomic E-state index is 0.898. The quantitative estimate of drug-likeness (QED) is 0.436. The van der Waals surface area contributed by atoms with Crippen LogP contribution in [-0.2, 0) is 5.33 Å². The molecule has 0 saturated heterocycles. The molecule has 0 radical (unpaired) electrons. The van der Waals surface area contributed by atoms with Crippen LogP contribution in [0.5, 0.6) is 0 Å². The normalized spacial score (nSPS) is 11.1. The fourth-order valence-electron chi connectivity index (χ4n) is 2.25. The van der Waals surface area contributed by atoms with Crippen LogP contribution in [0.3, 0.4) is 0 Å². The molecular weight excluding hydrogens is 260 g/mol. The highest BCUT2D eigenvalue weighted by atomic mass is 79.9. The van der Waals surface area contributed by atoms with Gasteiger partial charge in [-0.3, -0.25) is 0 Å². The molecule has 0 unspecified atom stereocenters. The Labute approximate surface area is 103 Å². The largest absolute Gasteiger partial charge is 0.0876 e. The van der Waals surface area contributed by atoms with Gasteiger partial charge in [-0.2, -0.15) is 0 Å². The molecule has 0 aliphatic rings. The van der Waals surface area contributed by atoms with Gasteiger partial charge in [0.15, 0.2) is 0 Å². The van der Waals surface area contributed by atoms with Crippen molar-refractivity contribution in [1.82, 2.24) is 0 Å². The second-order valence-electron chi connectivity index (χ2n) is 3.93. The Hall–Kier alpha value is -1.34. The van der Waals surface area contributed by atoms with E-state index < -0.39 is 0 Å². The van der Waals surface area contributed by atoms with E-state index in [9.17, 15) is 0 Å². The second-order valence-corrected chi connectivity index (χ2v) is 4.49. The van der Waals surface area contributed by atoms with Gasteiger partial charge in [-0.15, -0.1) is 0 Å². The van der Waals surface area contributed by atoms with E-state index in [-0.39, 0.29) is 0 Å². The number of rotatable bonds is 1. The highest BCUT2D eigenvalue weighted by Crippen LogP contribution is 2.29. The molecule has 0 amide bonds. The summed E-state index contributed by atoms with van der Waals surface area (Å²) in [6.07, 6.45) is 0. The molecular formula is C15H11Br. The average molecular weight is 271 g/mol. The smallest absolute Gasteiger partial charge is 0.0295 e. The van der Waals surface area contributed by atoms with Crippen LogP contribution in [0.25, 0.3) is 21.5 Å². The van der Waals surface area contributed by atoms with Crippen LogP contribution < -0.4 is 0 Å². The minimum Gasteiger partial charge on any atom is -0.0876 e. The molecule has 0 aliphatic carbocycles. The van der Waals surface area contributed by atoms with E-state index in [4.69, 9.17) is 0 Å². The molecule has 0 N–H and O–H groups in total. The predicted octanol–water partition coefficient (Wildman–Crippen LogP) is 4.89. The first kappa shape index (κ1) is 9.86. The van der Waals surface area contributed by atoms with Crippen LogP contribution in [0.15, 0.2) is 54.6 Å². The first-order chi connectivity index (χ1) is 7.90. The van der Waals surface area contributed by atoms with Crippen molar-refractivity contribution in [3.05, 3.63) is 60.2 Å². The third kappa shape index (κ3) is 1.43. The topological polar surface area (TPSA) is 0 Å². The van der Waals surface area contributed by atoms with Crippen LogP contribution in [0, 0.1) is 0 Å². The molecule has 0 bridgehead atoms. The van der Waals surface area contributed by atoms with Crippen molar-refractivity contribution in [1.29, 1.82) is 0 Å². The number of hydrogen-bond donors (Lipinski definition) is 0. The van der Waals surface area contributed by atoms with Gasteiger partial charge >= 0.3 is 0 Å². The zero-order chi connectivity index (χ0) is 11.0. The lowest BCUT2D eigenvalue weighted by atomic mass is 9.98. The Bertz CT molecular complexity index is 602. The Morgan fingerprint density at radius 2 is 1.25 bits per heavy atom. The van der Waals surface area contributed by atoms with Crippen molar-refractivity contribution < 1.29 is 0 Å². The van der Waals surface area contributed by atoms with E-state index in [0.717, 1.165) is 5.33 Å². The molecule has 0 aromatic heterocycles. The fraction of sp³-hybridized carbons (Fsp3) is 0.0667. The van der Waals surface area contributed by atoms with Gasteiger partial charge in [0.1, 0.15) is 0 Å². The first-order valence-corrected chi connectivity index (χ1v) is 6.47. The molecule has 0 spiro atoms. The second kappa shape index (κ2) is 3.91. The summed E-state index contributed by atoms with van der Waals surface area (Å²) in [5.41, 5.74) is 1.38. The Kier molecular flexibility index (Phi) is 2.41. The number of alkyl halides is 1. The summed E-state index contributed by atoms with van der Waals surface area (Å²) in [7, 11) is 0. The molecule has 1 heteroatoms. The summed E-state index contributed by atoms with van der Waals surface area (Å²) in [5, 5.41) is 6.22. The summed E-state index contributed by atoms with van der Waals surface area (Å²) in [5.74, 6) is 0. The lowest BCUT2D eigenvalue weighted by Crippen LogP contribution is -1.85. The highest BCUT2D eigenvalue weighted by Gasteiger charge is 2.04. The molecule has 3 aromatic rings. The monoisotopic (exact) mass is 270 g/mol. The summed E-state index contributed by atoms with van der Waals surface area (Å²) < 4.78 is 0. The number of halogens is 1. The van der Waals surface area contributed by atoms with Crippen molar-refractivity contribution in [2.24, 2.45) is 0 Å². The maximum Gasteiger partial charge on any atom is 0.0295 e. The summed E-state index contributed by atoms with van der Waals surface area (Å²) in [6, 6.07) is 19.4. The van der Waals surface area contributed by atoms with E-state index in [1.807, 2.05) is 0 Å². The molecule has 0 heterocycles. The van der Waals surface area contributed by atoms with Crippen LogP contribution in [-0.4, -0.2) is 0 Å². The zero-order valence-corrected chi connectivity index (χ0v) is 10.4. The standard InChI is InChI=1S/C15H11Br/c16-10-15-13-7-3-1-5-11(13)9-12-6-2-4-8-14(12)15/h1-9H,10H2. The molecule has 0 aliphatic heterocycles. The van der Waals surface area contributed by atoms with Gasteiger partial charge in [0.05, 0.1) is 0 Å². The lowest BCUT2D eigenvalue weighted by molar-refractivity contribution is 1.54. The Balaban J connectivity index is 2.56. The molecule has 0 atom stereocenters. The van der Waals surface area contributed by atoms with Crippen LogP contribution in [0.2, 0.25) is 0 Å². The van der Waals surface area contributed by atoms with Crippen molar-refractivity contribution in [3.8, 4) is 0 Å².